The number of carbonyl (C=O) groups excluding carboxylic acids is 2. The van der Waals surface area contributed by atoms with E-state index in [0.717, 1.165) is 5.56 Å². The second-order valence-corrected chi connectivity index (χ2v) is 10.3. The molecule has 1 N–H and O–H groups in total. The van der Waals surface area contributed by atoms with Crippen LogP contribution < -0.4 is 14.2 Å². The Bertz CT molecular complexity index is 1330. The molecule has 0 fully saturated rings. The zero-order chi connectivity index (χ0) is 28.3. The van der Waals surface area contributed by atoms with Crippen LogP contribution in [0.1, 0.15) is 42.7 Å². The zero-order valence-corrected chi connectivity index (χ0v) is 24.2. The number of nitrogens with zero attached hydrogens (tertiary/aromatic N) is 1. The van der Waals surface area contributed by atoms with Crippen LogP contribution in [0, 0.1) is 5.92 Å². The van der Waals surface area contributed by atoms with E-state index in [0.29, 0.717) is 44.9 Å². The molecular formula is C29H32BrNO8. The standard InChI is InChI=1S/C29H32BrNO8/c1-15-25(29(34)39-9-8-35-2)26(18-10-19(30)28(33)24(14-18)38-5)27-20(31-15)11-17(12-21(27)32)16-6-7-22(36-3)23(13-16)37-4/h6-7,10,13-14,17,25-26,33H,8-9,11-12H2,1-5H3/t17-,25?,26+/m0/s1. The molecule has 1 unspecified atom stereocenters. The van der Waals surface area contributed by atoms with E-state index in [1.807, 2.05) is 18.2 Å². The zero-order valence-electron chi connectivity index (χ0n) is 22.6. The van der Waals surface area contributed by atoms with Crippen molar-refractivity contribution in [3.8, 4) is 23.0 Å². The van der Waals surface area contributed by atoms with E-state index in [4.69, 9.17) is 28.7 Å². The summed E-state index contributed by atoms with van der Waals surface area (Å²) in [6.45, 7) is 2.10. The van der Waals surface area contributed by atoms with Gasteiger partial charge in [0.1, 0.15) is 12.5 Å². The summed E-state index contributed by atoms with van der Waals surface area (Å²) in [5, 5.41) is 10.4. The summed E-state index contributed by atoms with van der Waals surface area (Å²) in [5.41, 5.74) is 3.23. The SMILES string of the molecule is COCCOC(=O)C1C(C)=NC2=C(C(=O)C[C@@H](c3ccc(OC)c(OC)c3)C2)[C@@H]1c1cc(Br)c(O)c(OC)c1. The highest BCUT2D eigenvalue weighted by atomic mass is 79.9. The molecule has 3 atom stereocenters. The highest BCUT2D eigenvalue weighted by molar-refractivity contribution is 9.10. The number of ether oxygens (including phenoxy) is 5. The molecule has 0 saturated heterocycles. The minimum absolute atomic E-state index is 0.0700. The van der Waals surface area contributed by atoms with Crippen LogP contribution in [0.2, 0.25) is 0 Å². The van der Waals surface area contributed by atoms with E-state index in [2.05, 4.69) is 15.9 Å². The summed E-state index contributed by atoms with van der Waals surface area (Å²) in [6, 6.07) is 9.00. The fourth-order valence-electron chi connectivity index (χ4n) is 5.31. The number of phenolic OH excluding ortho intramolecular Hbond substituents is 1. The van der Waals surface area contributed by atoms with Gasteiger partial charge < -0.3 is 28.8 Å². The van der Waals surface area contributed by atoms with Crippen molar-refractivity contribution in [1.29, 1.82) is 0 Å². The fraction of sp³-hybridized carbons (Fsp3) is 0.414. The molecule has 10 heteroatoms. The molecule has 2 aromatic carbocycles. The molecule has 0 radical (unpaired) electrons. The number of hydrogen-bond acceptors (Lipinski definition) is 9. The van der Waals surface area contributed by atoms with Gasteiger partial charge in [0.15, 0.2) is 28.8 Å². The molecule has 0 spiro atoms. The van der Waals surface area contributed by atoms with Gasteiger partial charge in [-0.3, -0.25) is 14.6 Å². The lowest BCUT2D eigenvalue weighted by Gasteiger charge is -2.36. The third kappa shape index (κ3) is 5.67. The van der Waals surface area contributed by atoms with Crippen molar-refractivity contribution in [2.24, 2.45) is 10.9 Å². The third-order valence-corrected chi connectivity index (χ3v) is 7.79. The van der Waals surface area contributed by atoms with Crippen LogP contribution >= 0.6 is 15.9 Å². The topological polar surface area (TPSA) is 113 Å². The number of allylic oxidation sites excluding steroid dienone is 2. The monoisotopic (exact) mass is 601 g/mol. The molecule has 208 valence electrons. The molecule has 0 saturated carbocycles. The number of ketones is 1. The van der Waals surface area contributed by atoms with Crippen LogP contribution in [-0.2, 0) is 19.1 Å². The molecular weight excluding hydrogens is 570 g/mol. The molecule has 9 nitrogen and oxygen atoms in total. The number of esters is 1. The number of methoxy groups -OCH3 is 4. The van der Waals surface area contributed by atoms with Crippen LogP contribution in [0.25, 0.3) is 0 Å². The molecule has 1 aliphatic heterocycles. The Kier molecular flexibility index (Phi) is 8.97. The first kappa shape index (κ1) is 28.6. The van der Waals surface area contributed by atoms with Crippen molar-refractivity contribution in [3.05, 3.63) is 57.2 Å². The number of Topliss-reactive ketones (excluding diaryl/α,β-unsaturated/α-hetero) is 1. The first-order valence-corrected chi connectivity index (χ1v) is 13.3. The second-order valence-electron chi connectivity index (χ2n) is 9.43. The quantitative estimate of drug-likeness (QED) is 0.317. The van der Waals surface area contributed by atoms with Crippen molar-refractivity contribution >= 4 is 33.4 Å². The minimum atomic E-state index is -0.830. The Labute approximate surface area is 235 Å². The summed E-state index contributed by atoms with van der Waals surface area (Å²) < 4.78 is 27.1. The number of phenols is 1. The highest BCUT2D eigenvalue weighted by Crippen LogP contribution is 2.49. The predicted molar refractivity (Wildman–Crippen MR) is 148 cm³/mol. The average Bonchev–Trinajstić information content (AvgIpc) is 2.93. The number of aliphatic imine (C=N–C) groups is 1. The normalized spacial score (nSPS) is 20.7. The molecule has 0 amide bonds. The van der Waals surface area contributed by atoms with E-state index in [-0.39, 0.29) is 42.8 Å². The molecule has 39 heavy (non-hydrogen) atoms. The predicted octanol–water partition coefficient (Wildman–Crippen LogP) is 4.95. The number of benzene rings is 2. The fourth-order valence-corrected chi connectivity index (χ4v) is 5.77. The van der Waals surface area contributed by atoms with Crippen molar-refractivity contribution in [3.63, 3.8) is 0 Å². The van der Waals surface area contributed by atoms with E-state index in [1.54, 1.807) is 33.3 Å². The summed E-state index contributed by atoms with van der Waals surface area (Å²) in [4.78, 5) is 32.0. The van der Waals surface area contributed by atoms with E-state index < -0.39 is 17.8 Å². The summed E-state index contributed by atoms with van der Waals surface area (Å²) in [6.07, 6.45) is 0.743. The first-order valence-electron chi connectivity index (χ1n) is 12.5. The number of hydrogen-bond donors (Lipinski definition) is 1. The second kappa shape index (κ2) is 12.2. The van der Waals surface area contributed by atoms with Crippen molar-refractivity contribution in [1.82, 2.24) is 0 Å². The van der Waals surface area contributed by atoms with Gasteiger partial charge in [-0.2, -0.15) is 0 Å². The Morgan fingerprint density at radius 1 is 0.974 bits per heavy atom. The maximum absolute atomic E-state index is 13.9. The lowest BCUT2D eigenvalue weighted by Crippen LogP contribution is -2.38. The smallest absolute Gasteiger partial charge is 0.315 e. The van der Waals surface area contributed by atoms with E-state index in [9.17, 15) is 14.7 Å². The Morgan fingerprint density at radius 3 is 2.33 bits per heavy atom. The van der Waals surface area contributed by atoms with Gasteiger partial charge in [-0.15, -0.1) is 0 Å². The van der Waals surface area contributed by atoms with E-state index in [1.165, 1.54) is 14.2 Å². The summed E-state index contributed by atoms with van der Waals surface area (Å²) >= 11 is 3.38. The molecule has 1 heterocycles. The number of aromatic hydroxyl groups is 1. The van der Waals surface area contributed by atoms with Crippen LogP contribution in [-0.4, -0.2) is 64.2 Å². The van der Waals surface area contributed by atoms with Gasteiger partial charge >= 0.3 is 5.97 Å². The van der Waals surface area contributed by atoms with Crippen molar-refractivity contribution < 1.29 is 38.4 Å². The number of rotatable bonds is 9. The maximum Gasteiger partial charge on any atom is 0.315 e. The lowest BCUT2D eigenvalue weighted by molar-refractivity contribution is -0.147. The Morgan fingerprint density at radius 2 is 1.67 bits per heavy atom. The van der Waals surface area contributed by atoms with Crippen LogP contribution in [0.5, 0.6) is 23.0 Å². The van der Waals surface area contributed by atoms with Gasteiger partial charge in [0.05, 0.1) is 32.4 Å². The van der Waals surface area contributed by atoms with Crippen LogP contribution in [0.3, 0.4) is 0 Å². The molecule has 2 aliphatic rings. The third-order valence-electron chi connectivity index (χ3n) is 7.18. The van der Waals surface area contributed by atoms with Crippen molar-refractivity contribution in [2.75, 3.05) is 41.7 Å². The summed E-state index contributed by atoms with van der Waals surface area (Å²) in [7, 11) is 6.12. The first-order chi connectivity index (χ1) is 18.7. The van der Waals surface area contributed by atoms with Gasteiger partial charge in [0.2, 0.25) is 0 Å². The van der Waals surface area contributed by atoms with Gasteiger partial charge in [-0.05, 0) is 70.6 Å². The van der Waals surface area contributed by atoms with Gasteiger partial charge in [-0.1, -0.05) is 6.07 Å². The highest BCUT2D eigenvalue weighted by Gasteiger charge is 2.45. The molecule has 0 aromatic heterocycles. The largest absolute Gasteiger partial charge is 0.503 e. The average molecular weight is 602 g/mol. The molecule has 4 rings (SSSR count). The van der Waals surface area contributed by atoms with Crippen LogP contribution in [0.4, 0.5) is 0 Å². The molecule has 1 aliphatic carbocycles. The Hall–Kier alpha value is -3.37. The number of carbonyl (C=O) groups is 2. The lowest BCUT2D eigenvalue weighted by atomic mass is 9.69. The Balaban J connectivity index is 1.80. The molecule has 2 aromatic rings. The van der Waals surface area contributed by atoms with Gasteiger partial charge in [0, 0.05) is 36.4 Å². The van der Waals surface area contributed by atoms with E-state index >= 15 is 0 Å². The van der Waals surface area contributed by atoms with Gasteiger partial charge in [-0.25, -0.2) is 0 Å². The molecule has 0 bridgehead atoms. The summed E-state index contributed by atoms with van der Waals surface area (Å²) in [5.74, 6) is -0.878. The minimum Gasteiger partial charge on any atom is -0.503 e. The maximum atomic E-state index is 13.9. The number of halogens is 1. The van der Waals surface area contributed by atoms with Crippen molar-refractivity contribution in [2.45, 2.75) is 31.6 Å². The van der Waals surface area contributed by atoms with Crippen LogP contribution in [0.15, 0.2) is 51.1 Å². The van der Waals surface area contributed by atoms with Gasteiger partial charge in [0.25, 0.3) is 0 Å².